The third-order valence-corrected chi connectivity index (χ3v) is 5.25. The average Bonchev–Trinajstić information content (AvgIpc) is 2.89. The first-order valence-electron chi connectivity index (χ1n) is 12.2. The van der Waals surface area contributed by atoms with Gasteiger partial charge < -0.3 is 47.4 Å². The number of amides is 4. The van der Waals surface area contributed by atoms with Crippen LogP contribution in [0, 0.1) is 5.41 Å². The number of aldehydes is 1. The number of nitrogens with one attached hydrogen (secondary N) is 5. The van der Waals surface area contributed by atoms with Crippen LogP contribution in [0.15, 0.2) is 24.3 Å². The van der Waals surface area contributed by atoms with E-state index < -0.39 is 54.8 Å². The molecular weight excluding hydrogens is 514 g/mol. The van der Waals surface area contributed by atoms with Crippen molar-refractivity contribution in [2.45, 2.75) is 50.6 Å². The van der Waals surface area contributed by atoms with Gasteiger partial charge in [-0.15, -0.1) is 0 Å². The standard InChI is InChI=1S/C24H35N7O8/c25-21(36)16-6-1-4-15(12-16)5-3-11-39-24(38)31-18(8-9-20(34)35)22(37)29-13-19(33)30-17(14-32)7-2-10-28-23(26)27/h1,4,6,12,14,17-18H,2-3,5,7-11,13H2,(H2,25,36)(H,29,37)(H,30,33)(H,31,38)(H,34,35)(H4,26,27,28)/t17-,18-/m0/s1. The van der Waals surface area contributed by atoms with Crippen LogP contribution in [0.1, 0.15) is 48.0 Å². The van der Waals surface area contributed by atoms with Gasteiger partial charge in [0.15, 0.2) is 5.96 Å². The minimum absolute atomic E-state index is 0.0165. The normalized spacial score (nSPS) is 11.8. The molecule has 0 radical (unpaired) electrons. The summed E-state index contributed by atoms with van der Waals surface area (Å²) in [4.78, 5) is 70.3. The van der Waals surface area contributed by atoms with Crippen LogP contribution >= 0.6 is 0 Å². The molecule has 0 aromatic heterocycles. The molecule has 1 aromatic rings. The molecule has 1 rings (SSSR count). The van der Waals surface area contributed by atoms with Crippen molar-refractivity contribution < 1.29 is 38.6 Å². The van der Waals surface area contributed by atoms with Crippen molar-refractivity contribution in [3.05, 3.63) is 35.4 Å². The molecule has 0 saturated heterocycles. The Balaban J connectivity index is 2.51. The van der Waals surface area contributed by atoms with Crippen molar-refractivity contribution in [3.63, 3.8) is 0 Å². The first-order chi connectivity index (χ1) is 18.5. The molecule has 0 heterocycles. The van der Waals surface area contributed by atoms with Crippen molar-refractivity contribution in [2.75, 3.05) is 19.7 Å². The number of aryl methyl sites for hydroxylation is 1. The largest absolute Gasteiger partial charge is 0.481 e. The zero-order chi connectivity index (χ0) is 29.2. The quantitative estimate of drug-likeness (QED) is 0.0466. The van der Waals surface area contributed by atoms with Gasteiger partial charge in [0.1, 0.15) is 12.3 Å². The maximum Gasteiger partial charge on any atom is 0.407 e. The second-order valence-corrected chi connectivity index (χ2v) is 8.44. The number of rotatable bonds is 18. The van der Waals surface area contributed by atoms with E-state index in [4.69, 9.17) is 26.7 Å². The highest BCUT2D eigenvalue weighted by Crippen LogP contribution is 2.07. The lowest BCUT2D eigenvalue weighted by molar-refractivity contribution is -0.137. The molecule has 39 heavy (non-hydrogen) atoms. The van der Waals surface area contributed by atoms with Gasteiger partial charge in [-0.3, -0.25) is 24.6 Å². The van der Waals surface area contributed by atoms with E-state index in [1.54, 1.807) is 24.3 Å². The molecule has 0 spiro atoms. The smallest absolute Gasteiger partial charge is 0.407 e. The average molecular weight is 550 g/mol. The summed E-state index contributed by atoms with van der Waals surface area (Å²) in [5, 5.41) is 25.6. The summed E-state index contributed by atoms with van der Waals surface area (Å²) in [6, 6.07) is 4.58. The van der Waals surface area contributed by atoms with Crippen LogP contribution in [0.3, 0.4) is 0 Å². The van der Waals surface area contributed by atoms with Crippen molar-refractivity contribution in [1.29, 1.82) is 5.41 Å². The Morgan fingerprint density at radius 2 is 1.79 bits per heavy atom. The summed E-state index contributed by atoms with van der Waals surface area (Å²) in [5.41, 5.74) is 11.6. The number of carboxylic acids is 1. The number of carboxylic acid groups (broad SMARTS) is 1. The Labute approximate surface area is 224 Å². The van der Waals surface area contributed by atoms with E-state index in [1.807, 2.05) is 0 Å². The van der Waals surface area contributed by atoms with Gasteiger partial charge in [-0.1, -0.05) is 12.1 Å². The van der Waals surface area contributed by atoms with Gasteiger partial charge in [0.05, 0.1) is 19.2 Å². The second kappa shape index (κ2) is 17.7. The second-order valence-electron chi connectivity index (χ2n) is 8.44. The minimum atomic E-state index is -1.28. The molecule has 0 aliphatic carbocycles. The zero-order valence-electron chi connectivity index (χ0n) is 21.4. The van der Waals surface area contributed by atoms with Crippen molar-refractivity contribution in [3.8, 4) is 0 Å². The van der Waals surface area contributed by atoms with Crippen LogP contribution < -0.4 is 32.7 Å². The number of hydrogen-bond acceptors (Lipinski definition) is 8. The Morgan fingerprint density at radius 1 is 1.05 bits per heavy atom. The molecule has 0 unspecified atom stereocenters. The summed E-state index contributed by atoms with van der Waals surface area (Å²) in [7, 11) is 0. The van der Waals surface area contributed by atoms with Crippen molar-refractivity contribution >= 4 is 42.0 Å². The van der Waals surface area contributed by atoms with Gasteiger partial charge in [-0.2, -0.15) is 0 Å². The summed E-state index contributed by atoms with van der Waals surface area (Å²) in [6.07, 6.45) is 0.519. The molecular formula is C24H35N7O8. The topological polar surface area (TPSA) is 256 Å². The van der Waals surface area contributed by atoms with Gasteiger partial charge >= 0.3 is 12.1 Å². The third-order valence-electron chi connectivity index (χ3n) is 5.25. The van der Waals surface area contributed by atoms with Crippen LogP contribution in [0.4, 0.5) is 4.79 Å². The molecule has 15 heteroatoms. The molecule has 2 atom stereocenters. The summed E-state index contributed by atoms with van der Waals surface area (Å²) >= 11 is 0. The number of ether oxygens (including phenoxy) is 1. The molecule has 0 aliphatic rings. The molecule has 214 valence electrons. The van der Waals surface area contributed by atoms with E-state index in [2.05, 4.69) is 21.3 Å². The fourth-order valence-electron chi connectivity index (χ4n) is 3.31. The Morgan fingerprint density at radius 3 is 2.44 bits per heavy atom. The number of carbonyl (C=O) groups is 6. The Kier molecular flexibility index (Phi) is 14.7. The summed E-state index contributed by atoms with van der Waals surface area (Å²) < 4.78 is 5.07. The van der Waals surface area contributed by atoms with Gasteiger partial charge in [-0.05, 0) is 49.8 Å². The molecule has 10 N–H and O–H groups in total. The molecule has 0 bridgehead atoms. The van der Waals surface area contributed by atoms with Crippen LogP contribution in [0.25, 0.3) is 0 Å². The minimum Gasteiger partial charge on any atom is -0.481 e. The Hall–Kier alpha value is -4.69. The summed E-state index contributed by atoms with van der Waals surface area (Å²) in [5.74, 6) is -3.43. The third kappa shape index (κ3) is 14.6. The highest BCUT2D eigenvalue weighted by atomic mass is 16.5. The molecule has 0 aliphatic heterocycles. The van der Waals surface area contributed by atoms with E-state index in [1.165, 1.54) is 0 Å². The number of carbonyl (C=O) groups excluding carboxylic acids is 5. The van der Waals surface area contributed by atoms with Gasteiger partial charge in [0, 0.05) is 18.5 Å². The highest BCUT2D eigenvalue weighted by Gasteiger charge is 2.23. The fraction of sp³-hybridized carbons (Fsp3) is 0.458. The SMILES string of the molecule is N=C(N)NCCC[C@@H](C=O)NC(=O)CNC(=O)[C@H](CCC(=O)O)NC(=O)OCCCc1cccc(C(N)=O)c1. The van der Waals surface area contributed by atoms with Crippen LogP contribution in [0.2, 0.25) is 0 Å². The van der Waals surface area contributed by atoms with E-state index in [-0.39, 0.29) is 25.4 Å². The monoisotopic (exact) mass is 549 g/mol. The van der Waals surface area contributed by atoms with E-state index in [0.29, 0.717) is 37.7 Å². The van der Waals surface area contributed by atoms with Crippen LogP contribution in [0.5, 0.6) is 0 Å². The van der Waals surface area contributed by atoms with Gasteiger partial charge in [0.2, 0.25) is 17.7 Å². The number of hydrogen-bond donors (Lipinski definition) is 8. The lowest BCUT2D eigenvalue weighted by atomic mass is 10.1. The fourth-order valence-corrected chi connectivity index (χ4v) is 3.31. The van der Waals surface area contributed by atoms with Crippen molar-refractivity contribution in [2.24, 2.45) is 11.5 Å². The lowest BCUT2D eigenvalue weighted by Gasteiger charge is -2.18. The van der Waals surface area contributed by atoms with Crippen LogP contribution in [-0.2, 0) is 30.3 Å². The number of aliphatic carboxylic acids is 1. The molecule has 4 amide bonds. The number of nitrogens with two attached hydrogens (primary N) is 2. The maximum absolute atomic E-state index is 12.5. The van der Waals surface area contributed by atoms with E-state index in [0.717, 1.165) is 5.56 Å². The Bertz CT molecular complexity index is 1030. The predicted octanol–water partition coefficient (Wildman–Crippen LogP) is -1.26. The first-order valence-corrected chi connectivity index (χ1v) is 12.2. The van der Waals surface area contributed by atoms with Gasteiger partial charge in [-0.25, -0.2) is 4.79 Å². The van der Waals surface area contributed by atoms with E-state index >= 15 is 0 Å². The number of benzene rings is 1. The van der Waals surface area contributed by atoms with Crippen molar-refractivity contribution in [1.82, 2.24) is 21.3 Å². The number of alkyl carbamates (subject to hydrolysis) is 1. The highest BCUT2D eigenvalue weighted by molar-refractivity contribution is 5.93. The molecule has 0 saturated carbocycles. The molecule has 15 nitrogen and oxygen atoms in total. The van der Waals surface area contributed by atoms with Gasteiger partial charge in [0.25, 0.3) is 0 Å². The first kappa shape index (κ1) is 32.3. The number of primary amides is 1. The molecule has 1 aromatic carbocycles. The maximum atomic E-state index is 12.5. The predicted molar refractivity (Wildman–Crippen MR) is 139 cm³/mol. The van der Waals surface area contributed by atoms with Crippen LogP contribution in [-0.4, -0.2) is 78.9 Å². The molecule has 0 fully saturated rings. The summed E-state index contributed by atoms with van der Waals surface area (Å²) in [6.45, 7) is -0.196. The zero-order valence-corrected chi connectivity index (χ0v) is 21.4. The number of guanidine groups is 1. The lowest BCUT2D eigenvalue weighted by Crippen LogP contribution is -2.50. The van der Waals surface area contributed by atoms with E-state index in [9.17, 15) is 28.8 Å².